The second-order valence-electron chi connectivity index (χ2n) is 4.53. The molecule has 0 aromatic carbocycles. The molecule has 1 atom stereocenters. The molecule has 4 nitrogen and oxygen atoms in total. The van der Waals surface area contributed by atoms with Crippen LogP contribution >= 0.6 is 0 Å². The van der Waals surface area contributed by atoms with E-state index in [1.54, 1.807) is 0 Å². The van der Waals surface area contributed by atoms with Gasteiger partial charge in [0.25, 0.3) is 0 Å². The van der Waals surface area contributed by atoms with Crippen molar-refractivity contribution in [2.75, 3.05) is 13.1 Å². The van der Waals surface area contributed by atoms with Crippen molar-refractivity contribution >= 4 is 0 Å². The van der Waals surface area contributed by atoms with Crippen LogP contribution in [-0.2, 0) is 6.42 Å². The maximum absolute atomic E-state index is 5.37. The SMILES string of the molecule is CCCCc1noc(C2CCCNCC2)n1. The topological polar surface area (TPSA) is 51.0 Å². The minimum absolute atomic E-state index is 0.470. The Morgan fingerprint density at radius 3 is 3.19 bits per heavy atom. The molecule has 0 spiro atoms. The molecule has 1 aliphatic heterocycles. The monoisotopic (exact) mass is 223 g/mol. The van der Waals surface area contributed by atoms with E-state index in [2.05, 4.69) is 22.4 Å². The number of hydrogen-bond donors (Lipinski definition) is 1. The van der Waals surface area contributed by atoms with Crippen LogP contribution in [-0.4, -0.2) is 23.2 Å². The van der Waals surface area contributed by atoms with Crippen molar-refractivity contribution in [3.05, 3.63) is 11.7 Å². The molecule has 90 valence electrons. The van der Waals surface area contributed by atoms with Crippen molar-refractivity contribution in [2.45, 2.75) is 51.4 Å². The van der Waals surface area contributed by atoms with E-state index in [0.29, 0.717) is 5.92 Å². The maximum Gasteiger partial charge on any atom is 0.229 e. The average molecular weight is 223 g/mol. The van der Waals surface area contributed by atoms with Gasteiger partial charge in [-0.2, -0.15) is 4.98 Å². The van der Waals surface area contributed by atoms with Crippen LogP contribution in [0.4, 0.5) is 0 Å². The van der Waals surface area contributed by atoms with Gasteiger partial charge in [0, 0.05) is 12.3 Å². The Bertz CT molecular complexity index is 303. The summed E-state index contributed by atoms with van der Waals surface area (Å²) in [6.45, 7) is 4.36. The van der Waals surface area contributed by atoms with Gasteiger partial charge in [0.2, 0.25) is 5.89 Å². The van der Waals surface area contributed by atoms with Crippen molar-refractivity contribution in [1.29, 1.82) is 0 Å². The van der Waals surface area contributed by atoms with Crippen LogP contribution in [0.1, 0.15) is 56.7 Å². The lowest BCUT2D eigenvalue weighted by atomic mass is 10.0. The second kappa shape index (κ2) is 5.99. The van der Waals surface area contributed by atoms with Crippen molar-refractivity contribution < 1.29 is 4.52 Å². The fourth-order valence-electron chi connectivity index (χ4n) is 2.14. The summed E-state index contributed by atoms with van der Waals surface area (Å²) in [5, 5.41) is 7.45. The van der Waals surface area contributed by atoms with Crippen molar-refractivity contribution in [3.63, 3.8) is 0 Å². The molecule has 2 heterocycles. The van der Waals surface area contributed by atoms with Crippen LogP contribution in [0, 0.1) is 0 Å². The number of nitrogens with zero attached hydrogens (tertiary/aromatic N) is 2. The van der Waals surface area contributed by atoms with E-state index < -0.39 is 0 Å². The van der Waals surface area contributed by atoms with Gasteiger partial charge in [0.15, 0.2) is 5.82 Å². The fourth-order valence-corrected chi connectivity index (χ4v) is 2.14. The molecule has 1 aromatic rings. The number of aryl methyl sites for hydroxylation is 1. The number of nitrogens with one attached hydrogen (secondary N) is 1. The highest BCUT2D eigenvalue weighted by atomic mass is 16.5. The predicted molar refractivity (Wildman–Crippen MR) is 62.4 cm³/mol. The standard InChI is InChI=1S/C12H21N3O/c1-2-3-6-11-14-12(16-15-11)10-5-4-8-13-9-7-10/h10,13H,2-9H2,1H3. The molecule has 0 amide bonds. The predicted octanol–water partition coefficient (Wildman–Crippen LogP) is 2.27. The minimum atomic E-state index is 0.470. The van der Waals surface area contributed by atoms with Gasteiger partial charge in [-0.25, -0.2) is 0 Å². The van der Waals surface area contributed by atoms with Gasteiger partial charge in [0.1, 0.15) is 0 Å². The molecule has 0 bridgehead atoms. The summed E-state index contributed by atoms with van der Waals surface area (Å²) in [6.07, 6.45) is 6.77. The van der Waals surface area contributed by atoms with E-state index in [0.717, 1.165) is 44.1 Å². The van der Waals surface area contributed by atoms with E-state index in [1.165, 1.54) is 19.3 Å². The lowest BCUT2D eigenvalue weighted by Crippen LogP contribution is -2.13. The zero-order valence-corrected chi connectivity index (χ0v) is 10.0. The summed E-state index contributed by atoms with van der Waals surface area (Å²) >= 11 is 0. The van der Waals surface area contributed by atoms with E-state index in [9.17, 15) is 0 Å². The van der Waals surface area contributed by atoms with Gasteiger partial charge in [-0.05, 0) is 38.8 Å². The molecule has 1 N–H and O–H groups in total. The lowest BCUT2D eigenvalue weighted by molar-refractivity contribution is 0.339. The summed E-state index contributed by atoms with van der Waals surface area (Å²) in [6, 6.07) is 0. The number of rotatable bonds is 4. The van der Waals surface area contributed by atoms with Gasteiger partial charge >= 0.3 is 0 Å². The largest absolute Gasteiger partial charge is 0.339 e. The first-order chi connectivity index (χ1) is 7.90. The van der Waals surface area contributed by atoms with Crippen LogP contribution in [0.5, 0.6) is 0 Å². The highest BCUT2D eigenvalue weighted by molar-refractivity contribution is 4.95. The zero-order valence-electron chi connectivity index (χ0n) is 10.0. The normalized spacial score (nSPS) is 21.9. The van der Waals surface area contributed by atoms with Gasteiger partial charge in [-0.1, -0.05) is 18.5 Å². The smallest absolute Gasteiger partial charge is 0.229 e. The number of hydrogen-bond acceptors (Lipinski definition) is 4. The Morgan fingerprint density at radius 2 is 2.31 bits per heavy atom. The van der Waals surface area contributed by atoms with Gasteiger partial charge in [0.05, 0.1) is 0 Å². The first-order valence-corrected chi connectivity index (χ1v) is 6.43. The molecule has 16 heavy (non-hydrogen) atoms. The van der Waals surface area contributed by atoms with Crippen molar-refractivity contribution in [1.82, 2.24) is 15.5 Å². The highest BCUT2D eigenvalue weighted by Crippen LogP contribution is 2.24. The fraction of sp³-hybridized carbons (Fsp3) is 0.833. The number of unbranched alkanes of at least 4 members (excludes halogenated alkanes) is 1. The molecule has 1 aromatic heterocycles. The quantitative estimate of drug-likeness (QED) is 0.850. The minimum Gasteiger partial charge on any atom is -0.339 e. The molecular weight excluding hydrogens is 202 g/mol. The van der Waals surface area contributed by atoms with Crippen LogP contribution in [0.15, 0.2) is 4.52 Å². The summed E-state index contributed by atoms with van der Waals surface area (Å²) in [5.41, 5.74) is 0. The molecule has 0 radical (unpaired) electrons. The Morgan fingerprint density at radius 1 is 1.38 bits per heavy atom. The van der Waals surface area contributed by atoms with E-state index in [1.807, 2.05) is 0 Å². The molecule has 0 saturated carbocycles. The molecule has 1 fully saturated rings. The van der Waals surface area contributed by atoms with Crippen LogP contribution < -0.4 is 5.32 Å². The highest BCUT2D eigenvalue weighted by Gasteiger charge is 2.20. The lowest BCUT2D eigenvalue weighted by Gasteiger charge is -2.06. The van der Waals surface area contributed by atoms with Crippen molar-refractivity contribution in [3.8, 4) is 0 Å². The molecule has 2 rings (SSSR count). The third-order valence-electron chi connectivity index (χ3n) is 3.16. The second-order valence-corrected chi connectivity index (χ2v) is 4.53. The molecule has 1 aliphatic rings. The van der Waals surface area contributed by atoms with Gasteiger partial charge in [-0.15, -0.1) is 0 Å². The summed E-state index contributed by atoms with van der Waals surface area (Å²) in [5.74, 6) is 2.21. The van der Waals surface area contributed by atoms with Gasteiger partial charge in [-0.3, -0.25) is 0 Å². The first-order valence-electron chi connectivity index (χ1n) is 6.43. The van der Waals surface area contributed by atoms with Crippen LogP contribution in [0.3, 0.4) is 0 Å². The Hall–Kier alpha value is -0.900. The molecule has 1 saturated heterocycles. The van der Waals surface area contributed by atoms with E-state index in [4.69, 9.17) is 4.52 Å². The Kier molecular flexibility index (Phi) is 4.34. The third-order valence-corrected chi connectivity index (χ3v) is 3.16. The molecule has 0 aliphatic carbocycles. The average Bonchev–Trinajstić information content (AvgIpc) is 2.60. The van der Waals surface area contributed by atoms with Crippen LogP contribution in [0.25, 0.3) is 0 Å². The molecular formula is C12H21N3O. The summed E-state index contributed by atoms with van der Waals surface area (Å²) in [4.78, 5) is 4.51. The summed E-state index contributed by atoms with van der Waals surface area (Å²) in [7, 11) is 0. The van der Waals surface area contributed by atoms with Crippen LogP contribution in [0.2, 0.25) is 0 Å². The summed E-state index contributed by atoms with van der Waals surface area (Å²) < 4.78 is 5.37. The molecule has 4 heteroatoms. The Balaban J connectivity index is 1.94. The van der Waals surface area contributed by atoms with Gasteiger partial charge < -0.3 is 9.84 Å². The number of aromatic nitrogens is 2. The van der Waals surface area contributed by atoms with Crippen molar-refractivity contribution in [2.24, 2.45) is 0 Å². The molecule has 1 unspecified atom stereocenters. The van der Waals surface area contributed by atoms with E-state index >= 15 is 0 Å². The zero-order chi connectivity index (χ0) is 11.2. The van der Waals surface area contributed by atoms with E-state index in [-0.39, 0.29) is 0 Å². The Labute approximate surface area is 96.8 Å². The third kappa shape index (κ3) is 3.04. The first kappa shape index (κ1) is 11.6. The maximum atomic E-state index is 5.37.